The molecule has 4 N–H and O–H groups in total. The zero-order valence-corrected chi connectivity index (χ0v) is 19.2. The van der Waals surface area contributed by atoms with E-state index in [-0.39, 0.29) is 46.3 Å². The fraction of sp³-hybridized carbons (Fsp3) is 0.958. The molecule has 5 unspecified atom stereocenters. The number of aliphatic hydroxyl groups is 2. The van der Waals surface area contributed by atoms with Crippen LogP contribution in [-0.2, 0) is 14.3 Å². The monoisotopic (exact) mass is 432 g/mol. The third-order valence-corrected chi connectivity index (χ3v) is 10.9. The van der Waals surface area contributed by atoms with Crippen molar-refractivity contribution >= 4 is 5.78 Å². The molecule has 4 saturated heterocycles. The number of carbonyl (C=O) groups excluding carboxylic acids is 1. The van der Waals surface area contributed by atoms with Crippen molar-refractivity contribution in [3.63, 3.8) is 0 Å². The van der Waals surface area contributed by atoms with E-state index < -0.39 is 28.6 Å². The van der Waals surface area contributed by atoms with Crippen molar-refractivity contribution in [2.75, 3.05) is 13.2 Å². The molecule has 8 fully saturated rings. The molecule has 172 valence electrons. The third-order valence-electron chi connectivity index (χ3n) is 10.9. The third kappa shape index (κ3) is 1.82. The van der Waals surface area contributed by atoms with Crippen molar-refractivity contribution in [2.45, 2.75) is 89.2 Å². The van der Waals surface area contributed by atoms with Crippen LogP contribution >= 0.6 is 0 Å². The summed E-state index contributed by atoms with van der Waals surface area (Å²) in [6.45, 7) is 11.0. The maximum absolute atomic E-state index is 14.5. The highest BCUT2D eigenvalue weighted by atomic mass is 16.8. The lowest BCUT2D eigenvalue weighted by atomic mass is 9.35. The average Bonchev–Trinajstić information content (AvgIpc) is 3.55. The van der Waals surface area contributed by atoms with Gasteiger partial charge in [-0.15, -0.1) is 0 Å². The minimum atomic E-state index is -1.53. The SMILES string of the molecule is C[C@@H]1[C@H]2CCC3[C@@]45CO[C@](OC(C)(C)O)([C@@H](O)C4C(C)(C)CC4NC45)[C@]31C(=O)C21CN1. The van der Waals surface area contributed by atoms with Gasteiger partial charge in [-0.25, -0.2) is 0 Å². The molecule has 4 heterocycles. The van der Waals surface area contributed by atoms with E-state index in [1.54, 1.807) is 13.8 Å². The van der Waals surface area contributed by atoms with E-state index in [4.69, 9.17) is 9.47 Å². The highest BCUT2D eigenvalue weighted by molar-refractivity contribution is 6.01. The Bertz CT molecular complexity index is 895. The van der Waals surface area contributed by atoms with Crippen molar-refractivity contribution in [1.29, 1.82) is 0 Å². The van der Waals surface area contributed by atoms with E-state index >= 15 is 0 Å². The first-order valence-corrected chi connectivity index (χ1v) is 12.2. The first-order valence-electron chi connectivity index (χ1n) is 12.2. The van der Waals surface area contributed by atoms with Gasteiger partial charge in [-0.05, 0) is 56.3 Å². The van der Waals surface area contributed by atoms with Gasteiger partial charge in [0.2, 0.25) is 5.79 Å². The number of ketones is 1. The number of aliphatic hydroxyl groups excluding tert-OH is 1. The number of ether oxygens (including phenoxy) is 2. The van der Waals surface area contributed by atoms with Crippen molar-refractivity contribution < 1.29 is 24.5 Å². The van der Waals surface area contributed by atoms with Gasteiger partial charge in [0.1, 0.15) is 6.10 Å². The number of hydrogen-bond donors (Lipinski definition) is 4. The summed E-state index contributed by atoms with van der Waals surface area (Å²) < 4.78 is 13.1. The summed E-state index contributed by atoms with van der Waals surface area (Å²) in [4.78, 5) is 14.5. The van der Waals surface area contributed by atoms with Crippen LogP contribution in [0.1, 0.15) is 53.9 Å². The average molecular weight is 433 g/mol. The van der Waals surface area contributed by atoms with E-state index in [0.717, 1.165) is 19.3 Å². The second-order valence-electron chi connectivity index (χ2n) is 13.0. The van der Waals surface area contributed by atoms with E-state index in [0.29, 0.717) is 19.2 Å². The predicted molar refractivity (Wildman–Crippen MR) is 111 cm³/mol. The molecule has 7 heteroatoms. The molecule has 4 aliphatic carbocycles. The van der Waals surface area contributed by atoms with Crippen molar-refractivity contribution in [1.82, 2.24) is 10.6 Å². The Morgan fingerprint density at radius 3 is 2.61 bits per heavy atom. The number of hydrogen-bond acceptors (Lipinski definition) is 7. The molecule has 8 rings (SSSR count). The zero-order valence-electron chi connectivity index (χ0n) is 19.2. The van der Waals surface area contributed by atoms with E-state index in [9.17, 15) is 15.0 Å². The quantitative estimate of drug-likeness (QED) is 0.376. The maximum atomic E-state index is 14.5. The van der Waals surface area contributed by atoms with E-state index in [1.807, 2.05) is 0 Å². The zero-order chi connectivity index (χ0) is 22.0. The summed E-state index contributed by atoms with van der Waals surface area (Å²) in [5, 5.41) is 30.2. The topological polar surface area (TPSA) is 120 Å². The Labute approximate surface area is 183 Å². The van der Waals surface area contributed by atoms with Gasteiger partial charge in [0, 0.05) is 30.0 Å². The summed E-state index contributed by atoms with van der Waals surface area (Å²) in [6, 6.07) is 0.709. The Balaban J connectivity index is 1.52. The lowest BCUT2D eigenvalue weighted by molar-refractivity contribution is -0.484. The van der Waals surface area contributed by atoms with Gasteiger partial charge in [0.05, 0.1) is 17.6 Å². The minimum absolute atomic E-state index is 0.0195. The summed E-state index contributed by atoms with van der Waals surface area (Å²) in [5.41, 5.74) is -1.86. The van der Waals surface area contributed by atoms with Crippen LogP contribution in [0, 0.1) is 39.9 Å². The molecule has 0 radical (unpaired) electrons. The van der Waals surface area contributed by atoms with Gasteiger partial charge in [-0.1, -0.05) is 20.8 Å². The van der Waals surface area contributed by atoms with Crippen LogP contribution in [0.5, 0.6) is 0 Å². The summed E-state index contributed by atoms with van der Waals surface area (Å²) in [7, 11) is 0. The second-order valence-corrected chi connectivity index (χ2v) is 13.0. The van der Waals surface area contributed by atoms with Gasteiger partial charge >= 0.3 is 0 Å². The van der Waals surface area contributed by atoms with Crippen molar-refractivity contribution in [3.05, 3.63) is 0 Å². The molecule has 4 saturated carbocycles. The van der Waals surface area contributed by atoms with Crippen LogP contribution in [0.25, 0.3) is 0 Å². The van der Waals surface area contributed by atoms with Crippen molar-refractivity contribution in [2.24, 2.45) is 39.9 Å². The Morgan fingerprint density at radius 2 is 1.97 bits per heavy atom. The predicted octanol–water partition coefficient (Wildman–Crippen LogP) is 0.779. The minimum Gasteiger partial charge on any atom is -0.387 e. The Morgan fingerprint density at radius 1 is 1.26 bits per heavy atom. The van der Waals surface area contributed by atoms with E-state index in [2.05, 4.69) is 31.4 Å². The van der Waals surface area contributed by atoms with Gasteiger partial charge < -0.3 is 30.3 Å². The molecule has 0 aromatic heterocycles. The molecule has 7 nitrogen and oxygen atoms in total. The largest absolute Gasteiger partial charge is 0.387 e. The molecule has 0 aromatic carbocycles. The Hall–Kier alpha value is -0.570. The molecular formula is C24H36N2O5. The molecule has 31 heavy (non-hydrogen) atoms. The fourth-order valence-electron chi connectivity index (χ4n) is 10.3. The van der Waals surface area contributed by atoms with Crippen LogP contribution in [0.4, 0.5) is 0 Å². The first-order chi connectivity index (χ1) is 14.4. The standard InChI is InChI=1S/C24H36N2O5/c1-11-12-6-7-14-21-10-30-24(31-20(4,5)29,23(11,14)18(28)22(12)9-25-22)17(27)15(21)19(2,3)8-13-16(21)26-13/h11-17,25-27,29H,6-10H2,1-5H3/t11-,12-,13?,14?,15?,16?,17+,21+,22?,23+,24+/m1/s1. The molecule has 3 spiro atoms. The number of fused-ring (bicyclic) bond motifs is 4. The lowest BCUT2D eigenvalue weighted by Gasteiger charge is -2.75. The van der Waals surface area contributed by atoms with Gasteiger partial charge in [-0.2, -0.15) is 0 Å². The lowest BCUT2D eigenvalue weighted by Crippen LogP contribution is -2.85. The van der Waals surface area contributed by atoms with Crippen LogP contribution in [-0.4, -0.2) is 64.4 Å². The van der Waals surface area contributed by atoms with Crippen LogP contribution in [0.3, 0.4) is 0 Å². The highest BCUT2D eigenvalue weighted by Crippen LogP contribution is 2.81. The number of carbonyl (C=O) groups is 1. The van der Waals surface area contributed by atoms with E-state index in [1.165, 1.54) is 0 Å². The van der Waals surface area contributed by atoms with Crippen LogP contribution in [0.15, 0.2) is 0 Å². The van der Waals surface area contributed by atoms with Crippen LogP contribution < -0.4 is 10.6 Å². The normalized spacial score (nSPS) is 62.3. The number of Topliss-reactive ketones (excluding diaryl/α,β-unsaturated/α-hetero) is 1. The first kappa shape index (κ1) is 19.9. The molecule has 11 atom stereocenters. The summed E-state index contributed by atoms with van der Waals surface area (Å²) in [5.74, 6) is -2.62. The van der Waals surface area contributed by atoms with Crippen molar-refractivity contribution in [3.8, 4) is 0 Å². The van der Waals surface area contributed by atoms with Gasteiger partial charge in [0.25, 0.3) is 0 Å². The molecule has 0 amide bonds. The Kier molecular flexibility index (Phi) is 3.25. The summed E-state index contributed by atoms with van der Waals surface area (Å²) >= 11 is 0. The molecule has 0 aromatic rings. The molecule has 8 aliphatic rings. The summed E-state index contributed by atoms with van der Waals surface area (Å²) in [6.07, 6.45) is 2.00. The van der Waals surface area contributed by atoms with Gasteiger partial charge in [-0.3, -0.25) is 4.79 Å². The second kappa shape index (κ2) is 5.08. The van der Waals surface area contributed by atoms with Gasteiger partial charge in [0.15, 0.2) is 11.6 Å². The highest BCUT2D eigenvalue weighted by Gasteiger charge is 2.92. The number of nitrogens with one attached hydrogen (secondary N) is 2. The molecular weight excluding hydrogens is 396 g/mol. The molecule has 4 aliphatic heterocycles. The maximum Gasteiger partial charge on any atom is 0.211 e. The number of rotatable bonds is 2. The van der Waals surface area contributed by atoms with Crippen LogP contribution in [0.2, 0.25) is 0 Å². The smallest absolute Gasteiger partial charge is 0.211 e. The molecule has 4 bridgehead atoms. The fourth-order valence-corrected chi connectivity index (χ4v) is 10.3.